The number of fused-ring (bicyclic) bond motifs is 1. The molecule has 0 unspecified atom stereocenters. The number of thiazole rings is 1. The Bertz CT molecular complexity index is 1050. The van der Waals surface area contributed by atoms with Gasteiger partial charge in [-0.05, 0) is 31.2 Å². The third-order valence-corrected chi connectivity index (χ3v) is 4.79. The van der Waals surface area contributed by atoms with Crippen molar-refractivity contribution in [2.45, 2.75) is 6.92 Å². The number of para-hydroxylation sites is 3. The second kappa shape index (κ2) is 7.46. The first-order valence-corrected chi connectivity index (χ1v) is 9.28. The summed E-state index contributed by atoms with van der Waals surface area (Å²) >= 11 is 1.54. The lowest BCUT2D eigenvalue weighted by Gasteiger charge is -2.14. The molecule has 0 spiro atoms. The van der Waals surface area contributed by atoms with Crippen LogP contribution in [-0.2, 0) is 0 Å². The standard InChI is InChI=1S/C19H18N6OS/c1-2-26-14-9-5-3-7-12(14)23-17-16(20)18(22-11-21-17)25-19-24-13-8-4-6-10-15(13)27-19/h3-11H,2,20H2,1H3,(H2,21,22,23,24,25). The first-order valence-electron chi connectivity index (χ1n) is 8.46. The van der Waals surface area contributed by atoms with Gasteiger partial charge in [0.05, 0.1) is 22.5 Å². The van der Waals surface area contributed by atoms with Crippen LogP contribution in [0.4, 0.5) is 28.1 Å². The maximum absolute atomic E-state index is 6.28. The van der Waals surface area contributed by atoms with Gasteiger partial charge in [0.2, 0.25) is 0 Å². The van der Waals surface area contributed by atoms with Gasteiger partial charge in [-0.2, -0.15) is 0 Å². The molecule has 27 heavy (non-hydrogen) atoms. The van der Waals surface area contributed by atoms with Gasteiger partial charge in [-0.15, -0.1) is 0 Å². The average Bonchev–Trinajstić information content (AvgIpc) is 3.09. The van der Waals surface area contributed by atoms with Crippen molar-refractivity contribution in [1.29, 1.82) is 0 Å². The van der Waals surface area contributed by atoms with Crippen LogP contribution in [0.5, 0.6) is 5.75 Å². The molecule has 0 aliphatic heterocycles. The summed E-state index contributed by atoms with van der Waals surface area (Å²) in [7, 11) is 0. The fraction of sp³-hybridized carbons (Fsp3) is 0.105. The van der Waals surface area contributed by atoms with Crippen molar-refractivity contribution < 1.29 is 4.74 Å². The summed E-state index contributed by atoms with van der Waals surface area (Å²) in [6.07, 6.45) is 1.46. The minimum Gasteiger partial charge on any atom is -0.492 e. The Morgan fingerprint density at radius 3 is 2.56 bits per heavy atom. The van der Waals surface area contributed by atoms with E-state index in [9.17, 15) is 0 Å². The van der Waals surface area contributed by atoms with Crippen LogP contribution >= 0.6 is 11.3 Å². The summed E-state index contributed by atoms with van der Waals surface area (Å²) in [5, 5.41) is 7.13. The number of rotatable bonds is 6. The lowest BCUT2D eigenvalue weighted by molar-refractivity contribution is 0.342. The van der Waals surface area contributed by atoms with Gasteiger partial charge in [0, 0.05) is 0 Å². The highest BCUT2D eigenvalue weighted by molar-refractivity contribution is 7.22. The first-order chi connectivity index (χ1) is 13.2. The van der Waals surface area contributed by atoms with E-state index in [4.69, 9.17) is 10.5 Å². The molecular weight excluding hydrogens is 360 g/mol. The zero-order valence-corrected chi connectivity index (χ0v) is 15.5. The molecule has 0 saturated carbocycles. The number of nitrogen functional groups attached to an aromatic ring is 1. The number of nitrogens with one attached hydrogen (secondary N) is 2. The topological polar surface area (TPSA) is 98.0 Å². The average molecular weight is 378 g/mol. The van der Waals surface area contributed by atoms with E-state index in [-0.39, 0.29) is 0 Å². The number of nitrogens with two attached hydrogens (primary N) is 1. The van der Waals surface area contributed by atoms with Crippen molar-refractivity contribution in [3.05, 3.63) is 54.9 Å². The van der Waals surface area contributed by atoms with E-state index < -0.39 is 0 Å². The van der Waals surface area contributed by atoms with Gasteiger partial charge < -0.3 is 21.1 Å². The van der Waals surface area contributed by atoms with Gasteiger partial charge in [-0.25, -0.2) is 15.0 Å². The predicted molar refractivity (Wildman–Crippen MR) is 110 cm³/mol. The third kappa shape index (κ3) is 3.61. The van der Waals surface area contributed by atoms with E-state index in [1.807, 2.05) is 55.5 Å². The predicted octanol–water partition coefficient (Wildman–Crippen LogP) is 4.55. The van der Waals surface area contributed by atoms with Gasteiger partial charge in [-0.1, -0.05) is 35.6 Å². The number of benzene rings is 2. The molecule has 0 saturated heterocycles. The first kappa shape index (κ1) is 17.0. The van der Waals surface area contributed by atoms with Crippen molar-refractivity contribution >= 4 is 49.7 Å². The number of anilines is 5. The molecule has 4 N–H and O–H groups in total. The highest BCUT2D eigenvalue weighted by Gasteiger charge is 2.12. The zero-order valence-electron chi connectivity index (χ0n) is 14.6. The van der Waals surface area contributed by atoms with E-state index in [2.05, 4.69) is 25.6 Å². The lowest BCUT2D eigenvalue weighted by atomic mass is 10.3. The van der Waals surface area contributed by atoms with Crippen molar-refractivity contribution in [3.8, 4) is 5.75 Å². The number of ether oxygens (including phenoxy) is 1. The molecule has 0 fully saturated rings. The van der Waals surface area contributed by atoms with Crippen LogP contribution in [0.3, 0.4) is 0 Å². The fourth-order valence-corrected chi connectivity index (χ4v) is 3.47. The molecule has 4 rings (SSSR count). The number of nitrogens with zero attached hydrogens (tertiary/aromatic N) is 3. The second-order valence-corrected chi connectivity index (χ2v) is 6.68. The normalized spacial score (nSPS) is 10.7. The molecule has 7 nitrogen and oxygen atoms in total. The van der Waals surface area contributed by atoms with E-state index in [1.165, 1.54) is 6.33 Å². The Hall–Kier alpha value is -3.39. The van der Waals surface area contributed by atoms with E-state index in [0.29, 0.717) is 23.9 Å². The molecule has 2 aromatic carbocycles. The quantitative estimate of drug-likeness (QED) is 0.452. The maximum Gasteiger partial charge on any atom is 0.189 e. The monoisotopic (exact) mass is 378 g/mol. The largest absolute Gasteiger partial charge is 0.492 e. The SMILES string of the molecule is CCOc1ccccc1Nc1ncnc(Nc2nc3ccccc3s2)c1N. The Morgan fingerprint density at radius 1 is 1.00 bits per heavy atom. The molecule has 0 aliphatic carbocycles. The molecule has 4 aromatic rings. The number of hydrogen-bond acceptors (Lipinski definition) is 8. The molecule has 8 heteroatoms. The summed E-state index contributed by atoms with van der Waals surface area (Å²) in [6, 6.07) is 15.6. The maximum atomic E-state index is 6.28. The molecule has 136 valence electrons. The van der Waals surface area contributed by atoms with Gasteiger partial charge in [0.25, 0.3) is 0 Å². The molecule has 0 amide bonds. The van der Waals surface area contributed by atoms with Crippen molar-refractivity contribution in [2.75, 3.05) is 23.0 Å². The summed E-state index contributed by atoms with van der Waals surface area (Å²) < 4.78 is 6.73. The summed E-state index contributed by atoms with van der Waals surface area (Å²) in [5.41, 5.74) is 8.41. The van der Waals surface area contributed by atoms with Crippen LogP contribution in [-0.4, -0.2) is 21.6 Å². The van der Waals surface area contributed by atoms with Gasteiger partial charge >= 0.3 is 0 Å². The highest BCUT2D eigenvalue weighted by Crippen LogP contribution is 2.33. The number of aromatic nitrogens is 3. The van der Waals surface area contributed by atoms with E-state index in [0.717, 1.165) is 26.8 Å². The molecule has 0 aliphatic rings. The Labute approximate surface area is 160 Å². The third-order valence-electron chi connectivity index (χ3n) is 3.84. The molecule has 0 radical (unpaired) electrons. The van der Waals surface area contributed by atoms with Gasteiger partial charge in [0.1, 0.15) is 17.8 Å². The van der Waals surface area contributed by atoms with Crippen LogP contribution in [0.1, 0.15) is 6.92 Å². The smallest absolute Gasteiger partial charge is 0.189 e. The molecule has 0 atom stereocenters. The number of hydrogen-bond donors (Lipinski definition) is 3. The van der Waals surface area contributed by atoms with E-state index in [1.54, 1.807) is 11.3 Å². The van der Waals surface area contributed by atoms with Crippen molar-refractivity contribution in [2.24, 2.45) is 0 Å². The minimum atomic E-state index is 0.406. The van der Waals surface area contributed by atoms with Crippen molar-refractivity contribution in [1.82, 2.24) is 15.0 Å². The van der Waals surface area contributed by atoms with Crippen LogP contribution in [0, 0.1) is 0 Å². The van der Waals surface area contributed by atoms with Crippen LogP contribution in [0.2, 0.25) is 0 Å². The van der Waals surface area contributed by atoms with E-state index >= 15 is 0 Å². The second-order valence-electron chi connectivity index (χ2n) is 5.65. The van der Waals surface area contributed by atoms with Gasteiger partial charge in [-0.3, -0.25) is 0 Å². The van der Waals surface area contributed by atoms with Crippen LogP contribution in [0.15, 0.2) is 54.9 Å². The molecule has 2 heterocycles. The lowest BCUT2D eigenvalue weighted by Crippen LogP contribution is -2.06. The highest BCUT2D eigenvalue weighted by atomic mass is 32.1. The van der Waals surface area contributed by atoms with Gasteiger partial charge in [0.15, 0.2) is 16.8 Å². The minimum absolute atomic E-state index is 0.406. The molecule has 2 aromatic heterocycles. The fourth-order valence-electron chi connectivity index (χ4n) is 2.60. The summed E-state index contributed by atoms with van der Waals surface area (Å²) in [6.45, 7) is 2.51. The molecular formula is C19H18N6OS. The Balaban J connectivity index is 1.61. The van der Waals surface area contributed by atoms with Crippen molar-refractivity contribution in [3.63, 3.8) is 0 Å². The van der Waals surface area contributed by atoms with Crippen LogP contribution < -0.4 is 21.1 Å². The molecule has 0 bridgehead atoms. The zero-order chi connectivity index (χ0) is 18.6. The Morgan fingerprint density at radius 2 is 1.74 bits per heavy atom. The Kier molecular flexibility index (Phi) is 4.71. The van der Waals surface area contributed by atoms with Crippen LogP contribution in [0.25, 0.3) is 10.2 Å². The summed E-state index contributed by atoms with van der Waals surface area (Å²) in [5.74, 6) is 1.74. The summed E-state index contributed by atoms with van der Waals surface area (Å²) in [4.78, 5) is 13.1.